The molecule has 3 aromatic rings. The second kappa shape index (κ2) is 9.38. The quantitative estimate of drug-likeness (QED) is 0.622. The van der Waals surface area contributed by atoms with Crippen molar-refractivity contribution in [3.8, 4) is 23.1 Å². The van der Waals surface area contributed by atoms with E-state index in [1.165, 1.54) is 0 Å². The molecule has 146 valence electrons. The van der Waals surface area contributed by atoms with Gasteiger partial charge in [0.2, 0.25) is 0 Å². The van der Waals surface area contributed by atoms with Gasteiger partial charge in [0.15, 0.2) is 0 Å². The van der Waals surface area contributed by atoms with E-state index in [0.29, 0.717) is 29.2 Å². The third-order valence-electron chi connectivity index (χ3n) is 4.40. The van der Waals surface area contributed by atoms with Gasteiger partial charge in [-0.1, -0.05) is 48.5 Å². The van der Waals surface area contributed by atoms with Crippen LogP contribution in [-0.4, -0.2) is 19.7 Å². The maximum absolute atomic E-state index is 12.5. The molecule has 0 aliphatic heterocycles. The zero-order chi connectivity index (χ0) is 20.6. The van der Waals surface area contributed by atoms with Gasteiger partial charge < -0.3 is 9.47 Å². The molecule has 2 aromatic carbocycles. The maximum Gasteiger partial charge on any atom is 0.342 e. The highest BCUT2D eigenvalue weighted by Crippen LogP contribution is 2.25. The number of hydrogen-bond donors (Lipinski definition) is 1. The summed E-state index contributed by atoms with van der Waals surface area (Å²) in [6.45, 7) is 2.45. The van der Waals surface area contributed by atoms with Crippen LogP contribution in [0.5, 0.6) is 5.75 Å². The topological polar surface area (TPSA) is 85.5 Å². The summed E-state index contributed by atoms with van der Waals surface area (Å²) >= 11 is 0. The van der Waals surface area contributed by atoms with Gasteiger partial charge in [0.1, 0.15) is 35.2 Å². The molecule has 0 unspecified atom stereocenters. The molecular weight excluding hydrogens is 366 g/mol. The van der Waals surface area contributed by atoms with Crippen LogP contribution < -0.4 is 15.0 Å². The van der Waals surface area contributed by atoms with Crippen molar-refractivity contribution in [1.82, 2.24) is 0 Å². The van der Waals surface area contributed by atoms with E-state index < -0.39 is 5.97 Å². The van der Waals surface area contributed by atoms with Crippen molar-refractivity contribution in [3.05, 3.63) is 77.4 Å². The third kappa shape index (κ3) is 4.53. The number of carbonyl (C=O) groups is 1. The van der Waals surface area contributed by atoms with Gasteiger partial charge in [-0.3, -0.25) is 5.32 Å². The molecule has 0 spiro atoms. The van der Waals surface area contributed by atoms with Crippen LogP contribution >= 0.6 is 0 Å². The number of nitrogens with one attached hydrogen (secondary N) is 2. The number of pyridine rings is 1. The molecule has 0 saturated carbocycles. The standard InChI is InChI=1S/C23H21N3O3/c1-3-29-23(27)19-13-18(14-24)22(26-21(19)16-9-5-4-6-10-16)25-15-17-11-7-8-12-20(17)28-2/h4-13H,3,15H2,1-2H3,(H,25,26)/p+1. The van der Waals surface area contributed by atoms with E-state index in [0.717, 1.165) is 16.9 Å². The number of aromatic nitrogens is 1. The molecule has 6 heteroatoms. The molecule has 3 rings (SSSR count). The second-order valence-corrected chi connectivity index (χ2v) is 6.21. The number of aromatic amines is 1. The highest BCUT2D eigenvalue weighted by atomic mass is 16.5. The highest BCUT2D eigenvalue weighted by Gasteiger charge is 2.23. The Bertz CT molecular complexity index is 1040. The molecular formula is C23H22N3O3+. The van der Waals surface area contributed by atoms with Crippen molar-refractivity contribution in [2.75, 3.05) is 19.0 Å². The third-order valence-corrected chi connectivity index (χ3v) is 4.40. The first-order valence-corrected chi connectivity index (χ1v) is 9.26. The highest BCUT2D eigenvalue weighted by molar-refractivity contribution is 5.96. The summed E-state index contributed by atoms with van der Waals surface area (Å²) in [5.74, 6) is 0.797. The van der Waals surface area contributed by atoms with Crippen molar-refractivity contribution in [3.63, 3.8) is 0 Å². The van der Waals surface area contributed by atoms with Crippen LogP contribution in [-0.2, 0) is 11.3 Å². The van der Waals surface area contributed by atoms with Crippen LogP contribution in [0.3, 0.4) is 0 Å². The van der Waals surface area contributed by atoms with E-state index in [9.17, 15) is 10.1 Å². The first-order chi connectivity index (χ1) is 14.2. The van der Waals surface area contributed by atoms with Crippen molar-refractivity contribution < 1.29 is 19.3 Å². The lowest BCUT2D eigenvalue weighted by Crippen LogP contribution is -2.22. The average Bonchev–Trinajstić information content (AvgIpc) is 2.78. The summed E-state index contributed by atoms with van der Waals surface area (Å²) in [5, 5.41) is 12.9. The number of para-hydroxylation sites is 1. The van der Waals surface area contributed by atoms with Gasteiger partial charge in [-0.2, -0.15) is 5.26 Å². The fourth-order valence-electron chi connectivity index (χ4n) is 3.01. The van der Waals surface area contributed by atoms with E-state index in [4.69, 9.17) is 9.47 Å². The number of esters is 1. The lowest BCUT2D eigenvalue weighted by Gasteiger charge is -2.10. The Balaban J connectivity index is 2.03. The Kier molecular flexibility index (Phi) is 6.43. The average molecular weight is 388 g/mol. The summed E-state index contributed by atoms with van der Waals surface area (Å²) < 4.78 is 10.6. The van der Waals surface area contributed by atoms with Crippen molar-refractivity contribution >= 4 is 11.8 Å². The van der Waals surface area contributed by atoms with Gasteiger partial charge in [-0.15, -0.1) is 0 Å². The number of ether oxygens (including phenoxy) is 2. The van der Waals surface area contributed by atoms with Crippen LogP contribution in [0, 0.1) is 11.3 Å². The lowest BCUT2D eigenvalue weighted by molar-refractivity contribution is -0.348. The Hall–Kier alpha value is -3.85. The van der Waals surface area contributed by atoms with Crippen LogP contribution in [0.1, 0.15) is 28.4 Å². The first-order valence-electron chi connectivity index (χ1n) is 9.26. The smallest absolute Gasteiger partial charge is 0.342 e. The van der Waals surface area contributed by atoms with E-state index in [1.54, 1.807) is 20.1 Å². The fourth-order valence-corrected chi connectivity index (χ4v) is 3.01. The Morgan fingerprint density at radius 3 is 2.55 bits per heavy atom. The number of H-pyrrole nitrogens is 1. The molecule has 0 saturated heterocycles. The van der Waals surface area contributed by atoms with Gasteiger partial charge in [-0.05, 0) is 19.1 Å². The van der Waals surface area contributed by atoms with Gasteiger partial charge in [0, 0.05) is 11.1 Å². The zero-order valence-corrected chi connectivity index (χ0v) is 16.4. The van der Waals surface area contributed by atoms with E-state index >= 15 is 0 Å². The number of nitrogens with zero attached hydrogens (tertiary/aromatic N) is 1. The number of anilines is 1. The zero-order valence-electron chi connectivity index (χ0n) is 16.4. The van der Waals surface area contributed by atoms with Gasteiger partial charge in [0.25, 0.3) is 5.82 Å². The van der Waals surface area contributed by atoms with Gasteiger partial charge >= 0.3 is 5.97 Å². The molecule has 0 bridgehead atoms. The summed E-state index contributed by atoms with van der Waals surface area (Å²) in [4.78, 5) is 15.7. The summed E-state index contributed by atoms with van der Waals surface area (Å²) in [6.07, 6.45) is 0. The van der Waals surface area contributed by atoms with Crippen LogP contribution in [0.15, 0.2) is 60.7 Å². The van der Waals surface area contributed by atoms with Crippen molar-refractivity contribution in [2.24, 2.45) is 0 Å². The monoisotopic (exact) mass is 388 g/mol. The Labute approximate surface area is 169 Å². The van der Waals surface area contributed by atoms with Crippen LogP contribution in [0.25, 0.3) is 11.3 Å². The molecule has 2 N–H and O–H groups in total. The lowest BCUT2D eigenvalue weighted by atomic mass is 10.0. The molecule has 6 nitrogen and oxygen atoms in total. The number of rotatable bonds is 7. The molecule has 1 heterocycles. The van der Waals surface area contributed by atoms with E-state index in [2.05, 4.69) is 16.4 Å². The Morgan fingerprint density at radius 1 is 1.14 bits per heavy atom. The SMILES string of the molecule is CCOC(=O)c1cc(C#N)c(NCc2ccccc2OC)[nH+]c1-c1ccccc1. The molecule has 0 fully saturated rings. The molecule has 1 aromatic heterocycles. The molecule has 0 aliphatic rings. The van der Waals surface area contributed by atoms with Crippen molar-refractivity contribution in [1.29, 1.82) is 5.26 Å². The molecule has 0 atom stereocenters. The number of carbonyl (C=O) groups excluding carboxylic acids is 1. The number of methoxy groups -OCH3 is 1. The van der Waals surface area contributed by atoms with Crippen LogP contribution in [0.4, 0.5) is 5.82 Å². The molecule has 0 amide bonds. The molecule has 29 heavy (non-hydrogen) atoms. The number of hydrogen-bond acceptors (Lipinski definition) is 5. The van der Waals surface area contributed by atoms with E-state index in [-0.39, 0.29) is 6.61 Å². The predicted molar refractivity (Wildman–Crippen MR) is 109 cm³/mol. The van der Waals surface area contributed by atoms with Gasteiger partial charge in [0.05, 0.1) is 13.7 Å². The minimum atomic E-state index is -0.476. The fraction of sp³-hybridized carbons (Fsp3) is 0.174. The first kappa shape index (κ1) is 19.9. The largest absolute Gasteiger partial charge is 0.496 e. The maximum atomic E-state index is 12.5. The van der Waals surface area contributed by atoms with Gasteiger partial charge in [-0.25, -0.2) is 9.78 Å². The van der Waals surface area contributed by atoms with Crippen LogP contribution in [0.2, 0.25) is 0 Å². The number of benzene rings is 2. The normalized spacial score (nSPS) is 10.1. The Morgan fingerprint density at radius 2 is 1.86 bits per heavy atom. The summed E-state index contributed by atoms with van der Waals surface area (Å²) in [5.41, 5.74) is 2.99. The molecule has 0 radical (unpaired) electrons. The second-order valence-electron chi connectivity index (χ2n) is 6.21. The predicted octanol–water partition coefficient (Wildman–Crippen LogP) is 3.84. The summed E-state index contributed by atoms with van der Waals surface area (Å²) in [7, 11) is 1.62. The van der Waals surface area contributed by atoms with E-state index in [1.807, 2.05) is 54.6 Å². The minimum absolute atomic E-state index is 0.253. The number of nitriles is 1. The minimum Gasteiger partial charge on any atom is -0.496 e. The summed E-state index contributed by atoms with van der Waals surface area (Å²) in [6, 6.07) is 20.8. The van der Waals surface area contributed by atoms with Crippen molar-refractivity contribution in [2.45, 2.75) is 13.5 Å². The molecule has 0 aliphatic carbocycles.